The molecule has 1 aliphatic rings. The van der Waals surface area contributed by atoms with Gasteiger partial charge in [0.2, 0.25) is 10.0 Å². The number of rotatable bonds is 5. The van der Waals surface area contributed by atoms with E-state index in [1.54, 1.807) is 0 Å². The van der Waals surface area contributed by atoms with Crippen molar-refractivity contribution in [2.75, 3.05) is 13.2 Å². The number of fused-ring (bicyclic) bond motifs is 1. The second-order valence-corrected chi connectivity index (χ2v) is 8.39. The van der Waals surface area contributed by atoms with Crippen molar-refractivity contribution >= 4 is 10.0 Å². The van der Waals surface area contributed by atoms with Gasteiger partial charge in [-0.2, -0.15) is 0 Å². The summed E-state index contributed by atoms with van der Waals surface area (Å²) in [5.41, 5.74) is 3.51. The average molecular weight is 375 g/mol. The molecule has 3 rings (SSSR count). The third-order valence-electron chi connectivity index (χ3n) is 4.45. The smallest absolute Gasteiger partial charge is 0.241 e. The number of ether oxygens (including phenoxy) is 2. The van der Waals surface area contributed by atoms with Crippen LogP contribution in [0.2, 0.25) is 0 Å². The van der Waals surface area contributed by atoms with Gasteiger partial charge in [-0.1, -0.05) is 29.8 Å². The van der Waals surface area contributed by atoms with Crippen molar-refractivity contribution in [3.05, 3.63) is 52.6 Å². The van der Waals surface area contributed by atoms with Crippen LogP contribution in [0.1, 0.15) is 29.2 Å². The van der Waals surface area contributed by atoms with E-state index in [9.17, 15) is 8.42 Å². The number of hydrogen-bond donors (Lipinski definition) is 1. The Morgan fingerprint density at radius 1 is 1.19 bits per heavy atom. The lowest BCUT2D eigenvalue weighted by molar-refractivity contribution is 0.233. The molecule has 1 aliphatic heterocycles. The van der Waals surface area contributed by atoms with Crippen LogP contribution < -0.4 is 14.2 Å². The zero-order valence-corrected chi connectivity index (χ0v) is 16.4. The molecule has 26 heavy (non-hydrogen) atoms. The van der Waals surface area contributed by atoms with E-state index in [0.29, 0.717) is 29.4 Å². The summed E-state index contributed by atoms with van der Waals surface area (Å²) in [5, 5.41) is 0. The number of sulfonamides is 1. The van der Waals surface area contributed by atoms with Crippen LogP contribution in [0.25, 0.3) is 0 Å². The molecule has 1 atom stereocenters. The Balaban J connectivity index is 1.84. The summed E-state index contributed by atoms with van der Waals surface area (Å²) in [6.07, 6.45) is 0.569. The van der Waals surface area contributed by atoms with E-state index in [-0.39, 0.29) is 12.6 Å². The van der Waals surface area contributed by atoms with E-state index in [0.717, 1.165) is 22.3 Å². The summed E-state index contributed by atoms with van der Waals surface area (Å²) in [5.74, 6) is 1.42. The first kappa shape index (κ1) is 18.7. The predicted octanol–water partition coefficient (Wildman–Crippen LogP) is 3.29. The summed E-state index contributed by atoms with van der Waals surface area (Å²) >= 11 is 0. The van der Waals surface area contributed by atoms with Crippen molar-refractivity contribution in [2.24, 2.45) is 0 Å². The predicted molar refractivity (Wildman–Crippen MR) is 102 cm³/mol. The maximum absolute atomic E-state index is 12.9. The summed E-state index contributed by atoms with van der Waals surface area (Å²) in [4.78, 5) is 0.358. The Morgan fingerprint density at radius 3 is 2.54 bits per heavy atom. The van der Waals surface area contributed by atoms with Gasteiger partial charge < -0.3 is 9.47 Å². The molecule has 1 N–H and O–H groups in total. The monoisotopic (exact) mass is 375 g/mol. The van der Waals surface area contributed by atoms with E-state index in [1.807, 2.05) is 58.0 Å². The molecule has 0 amide bonds. The van der Waals surface area contributed by atoms with Crippen LogP contribution in [0.15, 0.2) is 35.2 Å². The molecular formula is C20H25NO4S. The lowest BCUT2D eigenvalue weighted by atomic mass is 10.0. The van der Waals surface area contributed by atoms with Gasteiger partial charge in [-0.05, 0) is 56.9 Å². The first-order valence-corrected chi connectivity index (χ1v) is 10.3. The molecule has 140 valence electrons. The maximum Gasteiger partial charge on any atom is 0.241 e. The van der Waals surface area contributed by atoms with Crippen molar-refractivity contribution in [2.45, 2.75) is 45.1 Å². The van der Waals surface area contributed by atoms with Crippen molar-refractivity contribution in [3.63, 3.8) is 0 Å². The first-order chi connectivity index (χ1) is 12.3. The van der Waals surface area contributed by atoms with Crippen LogP contribution in [0, 0.1) is 20.8 Å². The standard InChI is InChI=1S/C20H25NO4S/c1-5-24-18-8-6-7-16-11-17(12-25-19(16)18)21-26(22,23)20-14(3)9-13(2)10-15(20)4/h6-10,17,21H,5,11-12H2,1-4H3/t17-/m0/s1. The molecule has 0 radical (unpaired) electrons. The van der Waals surface area contributed by atoms with Crippen LogP contribution >= 0.6 is 0 Å². The molecule has 5 nitrogen and oxygen atoms in total. The molecular weight excluding hydrogens is 350 g/mol. The number of hydrogen-bond acceptors (Lipinski definition) is 4. The Morgan fingerprint density at radius 2 is 1.88 bits per heavy atom. The van der Waals surface area contributed by atoms with E-state index < -0.39 is 10.0 Å². The largest absolute Gasteiger partial charge is 0.490 e. The summed E-state index contributed by atoms with van der Waals surface area (Å²) in [6.45, 7) is 8.38. The van der Waals surface area contributed by atoms with Crippen LogP contribution in [-0.4, -0.2) is 27.7 Å². The fraction of sp³-hybridized carbons (Fsp3) is 0.400. The number of para-hydroxylation sites is 1. The zero-order chi connectivity index (χ0) is 18.9. The van der Waals surface area contributed by atoms with Gasteiger partial charge in [0.1, 0.15) is 6.61 Å². The Labute approximate surface area is 155 Å². The first-order valence-electron chi connectivity index (χ1n) is 8.79. The highest BCUT2D eigenvalue weighted by Gasteiger charge is 2.28. The molecule has 6 heteroatoms. The second kappa shape index (κ2) is 7.29. The molecule has 2 aromatic carbocycles. The fourth-order valence-corrected chi connectivity index (χ4v) is 5.28. The van der Waals surface area contributed by atoms with E-state index in [2.05, 4.69) is 4.72 Å². The van der Waals surface area contributed by atoms with Gasteiger partial charge in [-0.3, -0.25) is 0 Å². The second-order valence-electron chi connectivity index (χ2n) is 6.74. The maximum atomic E-state index is 12.9. The third-order valence-corrected chi connectivity index (χ3v) is 6.28. The molecule has 0 saturated carbocycles. The quantitative estimate of drug-likeness (QED) is 0.871. The average Bonchev–Trinajstić information content (AvgIpc) is 2.53. The van der Waals surface area contributed by atoms with Gasteiger partial charge in [0.05, 0.1) is 17.5 Å². The highest BCUT2D eigenvalue weighted by atomic mass is 32.2. The Hall–Kier alpha value is -2.05. The molecule has 2 aromatic rings. The topological polar surface area (TPSA) is 64.6 Å². The van der Waals surface area contributed by atoms with Gasteiger partial charge in [0.25, 0.3) is 0 Å². The molecule has 0 saturated heterocycles. The van der Waals surface area contributed by atoms with Gasteiger partial charge >= 0.3 is 0 Å². The number of aryl methyl sites for hydroxylation is 3. The summed E-state index contributed by atoms with van der Waals surface area (Å²) in [7, 11) is -3.62. The fourth-order valence-electron chi connectivity index (χ4n) is 3.61. The SMILES string of the molecule is CCOc1cccc2c1OC[C@@H](NS(=O)(=O)c1c(C)cc(C)cc1C)C2. The van der Waals surface area contributed by atoms with Crippen LogP contribution in [-0.2, 0) is 16.4 Å². The van der Waals surface area contributed by atoms with Crippen LogP contribution in [0.5, 0.6) is 11.5 Å². The molecule has 0 unspecified atom stereocenters. The van der Waals surface area contributed by atoms with E-state index in [4.69, 9.17) is 9.47 Å². The molecule has 0 aliphatic carbocycles. The number of nitrogens with one attached hydrogen (secondary N) is 1. The molecule has 0 fully saturated rings. The van der Waals surface area contributed by atoms with E-state index >= 15 is 0 Å². The Kier molecular flexibility index (Phi) is 5.25. The van der Waals surface area contributed by atoms with Crippen LogP contribution in [0.4, 0.5) is 0 Å². The van der Waals surface area contributed by atoms with Crippen molar-refractivity contribution in [3.8, 4) is 11.5 Å². The highest BCUT2D eigenvalue weighted by Crippen LogP contribution is 2.35. The minimum Gasteiger partial charge on any atom is -0.490 e. The Bertz CT molecular complexity index is 898. The molecule has 0 aromatic heterocycles. The van der Waals surface area contributed by atoms with E-state index in [1.165, 1.54) is 0 Å². The van der Waals surface area contributed by atoms with Crippen molar-refractivity contribution in [1.82, 2.24) is 4.72 Å². The van der Waals surface area contributed by atoms with Gasteiger partial charge in [-0.15, -0.1) is 0 Å². The van der Waals surface area contributed by atoms with Gasteiger partial charge in [-0.25, -0.2) is 13.1 Å². The molecule has 0 bridgehead atoms. The third kappa shape index (κ3) is 3.71. The highest BCUT2D eigenvalue weighted by molar-refractivity contribution is 7.89. The minimum absolute atomic E-state index is 0.278. The van der Waals surface area contributed by atoms with Gasteiger partial charge in [0, 0.05) is 0 Å². The molecule has 1 heterocycles. The van der Waals surface area contributed by atoms with Crippen molar-refractivity contribution < 1.29 is 17.9 Å². The summed E-state index contributed by atoms with van der Waals surface area (Å²) in [6, 6.07) is 9.18. The summed E-state index contributed by atoms with van der Waals surface area (Å²) < 4.78 is 40.1. The normalized spacial score (nSPS) is 16.7. The van der Waals surface area contributed by atoms with Gasteiger partial charge in [0.15, 0.2) is 11.5 Å². The minimum atomic E-state index is -3.62. The van der Waals surface area contributed by atoms with Crippen molar-refractivity contribution in [1.29, 1.82) is 0 Å². The van der Waals surface area contributed by atoms with Crippen LogP contribution in [0.3, 0.4) is 0 Å². The number of benzene rings is 2. The lowest BCUT2D eigenvalue weighted by Crippen LogP contribution is -2.43. The zero-order valence-electron chi connectivity index (χ0n) is 15.6. The molecule has 0 spiro atoms. The lowest BCUT2D eigenvalue weighted by Gasteiger charge is -2.27.